The van der Waals surface area contributed by atoms with Crippen LogP contribution in [0.5, 0.6) is 0 Å². The van der Waals surface area contributed by atoms with Crippen LogP contribution < -0.4 is 0 Å². The molecule has 1 unspecified atom stereocenters. The lowest BCUT2D eigenvalue weighted by atomic mass is 10.2. The molecule has 0 spiro atoms. The summed E-state index contributed by atoms with van der Waals surface area (Å²) in [6.07, 6.45) is 0.384. The van der Waals surface area contributed by atoms with Gasteiger partial charge in [-0.05, 0) is 13.3 Å². The quantitative estimate of drug-likeness (QED) is 0.675. The van der Waals surface area contributed by atoms with E-state index in [4.69, 9.17) is 0 Å². The molecule has 12 heavy (non-hydrogen) atoms. The van der Waals surface area contributed by atoms with Crippen molar-refractivity contribution in [1.82, 2.24) is 0 Å². The van der Waals surface area contributed by atoms with E-state index in [0.29, 0.717) is 12.2 Å². The van der Waals surface area contributed by atoms with Gasteiger partial charge in [0.25, 0.3) is 0 Å². The zero-order valence-corrected chi connectivity index (χ0v) is 8.80. The van der Waals surface area contributed by atoms with Gasteiger partial charge in [-0.15, -0.1) is 11.8 Å². The van der Waals surface area contributed by atoms with Crippen molar-refractivity contribution < 1.29 is 13.2 Å². The first-order valence-corrected chi connectivity index (χ1v) is 6.47. The zero-order chi connectivity index (χ0) is 9.41. The Hall–Kier alpha value is -0.0300. The van der Waals surface area contributed by atoms with Crippen molar-refractivity contribution in [2.24, 2.45) is 0 Å². The molecule has 0 radical (unpaired) electrons. The minimum atomic E-state index is -3.18. The number of thioether (sulfide) groups is 1. The summed E-state index contributed by atoms with van der Waals surface area (Å²) in [5, 5.41) is 0. The Kier molecular flexibility index (Phi) is 2.54. The highest BCUT2D eigenvalue weighted by atomic mass is 32.3. The Morgan fingerprint density at radius 1 is 1.58 bits per heavy atom. The summed E-state index contributed by atoms with van der Waals surface area (Å²) in [4.78, 5) is 11.2. The molecular weight excluding hydrogens is 196 g/mol. The van der Waals surface area contributed by atoms with E-state index in [-0.39, 0.29) is 11.5 Å². The van der Waals surface area contributed by atoms with Crippen LogP contribution in [0.25, 0.3) is 0 Å². The molecule has 0 amide bonds. The average Bonchev–Trinajstić information content (AvgIpc) is 2.25. The molecule has 1 saturated heterocycles. The molecule has 1 aliphatic rings. The summed E-state index contributed by atoms with van der Waals surface area (Å²) in [5.74, 6) is 0.466. The van der Waals surface area contributed by atoms with Gasteiger partial charge in [0.15, 0.2) is 19.7 Å². The van der Waals surface area contributed by atoms with Gasteiger partial charge in [0.2, 0.25) is 0 Å². The summed E-state index contributed by atoms with van der Waals surface area (Å²) in [6, 6.07) is 0. The average molecular weight is 208 g/mol. The molecule has 0 N–H and O–H groups in total. The van der Waals surface area contributed by atoms with Gasteiger partial charge in [0.1, 0.15) is 0 Å². The molecule has 0 bridgehead atoms. The lowest BCUT2D eigenvalue weighted by molar-refractivity contribution is -0.117. The van der Waals surface area contributed by atoms with E-state index in [1.165, 1.54) is 18.7 Å². The van der Waals surface area contributed by atoms with Gasteiger partial charge in [-0.1, -0.05) is 6.92 Å². The van der Waals surface area contributed by atoms with Crippen molar-refractivity contribution in [2.45, 2.75) is 24.3 Å². The second-order valence-corrected chi connectivity index (χ2v) is 6.82. The Morgan fingerprint density at radius 2 is 2.17 bits per heavy atom. The molecule has 0 saturated carbocycles. The highest BCUT2D eigenvalue weighted by Crippen LogP contribution is 2.41. The summed E-state index contributed by atoms with van der Waals surface area (Å²) in [6.45, 7) is 3.11. The molecule has 0 aromatic heterocycles. The van der Waals surface area contributed by atoms with Crippen LogP contribution in [0.15, 0.2) is 0 Å². The maximum atomic E-state index is 11.5. The van der Waals surface area contributed by atoms with E-state index < -0.39 is 13.9 Å². The number of hydrogen-bond acceptors (Lipinski definition) is 4. The van der Waals surface area contributed by atoms with Crippen LogP contribution >= 0.6 is 11.8 Å². The van der Waals surface area contributed by atoms with E-state index in [0.717, 1.165) is 0 Å². The van der Waals surface area contributed by atoms with Crippen LogP contribution in [0.2, 0.25) is 0 Å². The third-order valence-electron chi connectivity index (χ3n) is 2.19. The largest absolute Gasteiger partial charge is 0.297 e. The second kappa shape index (κ2) is 3.03. The predicted molar refractivity (Wildman–Crippen MR) is 49.9 cm³/mol. The van der Waals surface area contributed by atoms with Gasteiger partial charge in [-0.25, -0.2) is 8.42 Å². The van der Waals surface area contributed by atoms with Crippen LogP contribution in [-0.4, -0.2) is 29.8 Å². The van der Waals surface area contributed by atoms with Crippen molar-refractivity contribution in [3.8, 4) is 0 Å². The number of Topliss-reactive ketones (excluding diaryl/α,β-unsaturated/α-hetero) is 1. The number of rotatable bonds is 2. The third kappa shape index (κ3) is 1.19. The van der Waals surface area contributed by atoms with E-state index in [9.17, 15) is 13.2 Å². The van der Waals surface area contributed by atoms with E-state index >= 15 is 0 Å². The fraction of sp³-hybridized carbons (Fsp3) is 0.857. The molecule has 1 fully saturated rings. The standard InChI is InChI=1S/C7H12O3S2/c1-3-7(6(2)8)11-4-5-12(7,9)10/h3-5H2,1-2H3. The molecule has 5 heteroatoms. The van der Waals surface area contributed by atoms with Crippen LogP contribution in [0.3, 0.4) is 0 Å². The van der Waals surface area contributed by atoms with E-state index in [1.807, 2.05) is 0 Å². The Balaban J connectivity index is 3.18. The maximum absolute atomic E-state index is 11.5. The molecule has 3 nitrogen and oxygen atoms in total. The van der Waals surface area contributed by atoms with Gasteiger partial charge >= 0.3 is 0 Å². The molecule has 0 aliphatic carbocycles. The summed E-state index contributed by atoms with van der Waals surface area (Å²) in [5.41, 5.74) is 0. The number of carbonyl (C=O) groups excluding carboxylic acids is 1. The maximum Gasteiger partial charge on any atom is 0.175 e. The van der Waals surface area contributed by atoms with Gasteiger partial charge in [-0.3, -0.25) is 4.79 Å². The van der Waals surface area contributed by atoms with Crippen LogP contribution in [0.4, 0.5) is 0 Å². The number of carbonyl (C=O) groups is 1. The van der Waals surface area contributed by atoms with Gasteiger partial charge in [0, 0.05) is 5.75 Å². The summed E-state index contributed by atoms with van der Waals surface area (Å²) in [7, 11) is -3.18. The monoisotopic (exact) mass is 208 g/mol. The first-order valence-electron chi connectivity index (χ1n) is 3.83. The molecule has 1 rings (SSSR count). The third-order valence-corrected chi connectivity index (χ3v) is 7.34. The minimum Gasteiger partial charge on any atom is -0.297 e. The molecule has 0 aromatic carbocycles. The summed E-state index contributed by atoms with van der Waals surface area (Å²) >= 11 is 1.27. The predicted octanol–water partition coefficient (Wildman–Crippen LogP) is 0.843. The van der Waals surface area contributed by atoms with Crippen molar-refractivity contribution in [2.75, 3.05) is 11.5 Å². The van der Waals surface area contributed by atoms with Crippen LogP contribution in [-0.2, 0) is 14.6 Å². The Labute approximate surface area is 76.8 Å². The summed E-state index contributed by atoms with van der Waals surface area (Å²) < 4.78 is 21.9. The topological polar surface area (TPSA) is 51.2 Å². The molecule has 1 aliphatic heterocycles. The molecule has 1 atom stereocenters. The lowest BCUT2D eigenvalue weighted by Gasteiger charge is -2.21. The fourth-order valence-corrected chi connectivity index (χ4v) is 5.84. The molecule has 1 heterocycles. The Bertz CT molecular complexity index is 294. The molecule has 0 aromatic rings. The lowest BCUT2D eigenvalue weighted by Crippen LogP contribution is -2.38. The Morgan fingerprint density at radius 3 is 2.33 bits per heavy atom. The number of hydrogen-bond donors (Lipinski definition) is 0. The van der Waals surface area contributed by atoms with E-state index in [2.05, 4.69) is 0 Å². The van der Waals surface area contributed by atoms with Crippen LogP contribution in [0.1, 0.15) is 20.3 Å². The zero-order valence-electron chi connectivity index (χ0n) is 7.16. The highest BCUT2D eigenvalue weighted by Gasteiger charge is 2.50. The van der Waals surface area contributed by atoms with Gasteiger partial charge < -0.3 is 0 Å². The van der Waals surface area contributed by atoms with Crippen LogP contribution in [0, 0.1) is 0 Å². The number of ketones is 1. The smallest absolute Gasteiger partial charge is 0.175 e. The van der Waals surface area contributed by atoms with Crippen molar-refractivity contribution in [3.63, 3.8) is 0 Å². The first-order chi connectivity index (χ1) is 5.46. The second-order valence-electron chi connectivity index (χ2n) is 2.83. The molecular formula is C7H12O3S2. The first kappa shape index (κ1) is 10.1. The highest BCUT2D eigenvalue weighted by molar-refractivity contribution is 8.18. The molecule has 70 valence electrons. The van der Waals surface area contributed by atoms with Crippen molar-refractivity contribution in [1.29, 1.82) is 0 Å². The van der Waals surface area contributed by atoms with Gasteiger partial charge in [-0.2, -0.15) is 0 Å². The number of sulfone groups is 1. The fourth-order valence-electron chi connectivity index (χ4n) is 1.46. The minimum absolute atomic E-state index is 0.144. The van der Waals surface area contributed by atoms with Crippen molar-refractivity contribution >= 4 is 27.4 Å². The van der Waals surface area contributed by atoms with Gasteiger partial charge in [0.05, 0.1) is 5.75 Å². The van der Waals surface area contributed by atoms with E-state index in [1.54, 1.807) is 6.92 Å². The normalized spacial score (nSPS) is 33.5. The SMILES string of the molecule is CCC1(C(C)=O)SCCS1(=O)=O. The van der Waals surface area contributed by atoms with Crippen molar-refractivity contribution in [3.05, 3.63) is 0 Å².